The molecule has 0 saturated carbocycles. The Morgan fingerprint density at radius 2 is 2.04 bits per heavy atom. The van der Waals surface area contributed by atoms with Gasteiger partial charge in [-0.3, -0.25) is 4.79 Å². The summed E-state index contributed by atoms with van der Waals surface area (Å²) in [6.45, 7) is 7.34. The highest BCUT2D eigenvalue weighted by molar-refractivity contribution is 5.77. The van der Waals surface area contributed by atoms with Gasteiger partial charge in [0.05, 0.1) is 11.3 Å². The molecule has 6 nitrogen and oxygen atoms in total. The van der Waals surface area contributed by atoms with Gasteiger partial charge in [0.15, 0.2) is 0 Å². The average molecular weight is 356 g/mol. The summed E-state index contributed by atoms with van der Waals surface area (Å²) in [7, 11) is 0. The number of carbonyl (C=O) groups is 1. The van der Waals surface area contributed by atoms with Crippen molar-refractivity contribution in [2.75, 3.05) is 37.7 Å². The van der Waals surface area contributed by atoms with Crippen LogP contribution in [-0.4, -0.2) is 53.7 Å². The minimum atomic E-state index is 0.133. The lowest BCUT2D eigenvalue weighted by Gasteiger charge is -2.47. The highest BCUT2D eigenvalue weighted by Crippen LogP contribution is 2.41. The molecule has 0 radical (unpaired) electrons. The maximum absolute atomic E-state index is 12.1. The van der Waals surface area contributed by atoms with Crippen molar-refractivity contribution in [3.8, 4) is 6.07 Å². The molecule has 2 saturated heterocycles. The van der Waals surface area contributed by atoms with Crippen LogP contribution >= 0.6 is 0 Å². The van der Waals surface area contributed by atoms with Crippen LogP contribution in [0.25, 0.3) is 0 Å². The Balaban J connectivity index is 1.67. The van der Waals surface area contributed by atoms with Crippen molar-refractivity contribution in [2.45, 2.75) is 46.0 Å². The second kappa shape index (κ2) is 7.63. The molecular formula is C20H28N4O2. The second-order valence-electron chi connectivity index (χ2n) is 7.75. The van der Waals surface area contributed by atoms with E-state index >= 15 is 0 Å². The van der Waals surface area contributed by atoms with E-state index in [9.17, 15) is 10.1 Å². The van der Waals surface area contributed by atoms with Crippen LogP contribution < -0.4 is 4.90 Å². The van der Waals surface area contributed by atoms with E-state index in [1.54, 1.807) is 0 Å². The number of anilines is 1. The van der Waals surface area contributed by atoms with Gasteiger partial charge >= 0.3 is 0 Å². The van der Waals surface area contributed by atoms with Crippen LogP contribution in [0.2, 0.25) is 0 Å². The zero-order valence-electron chi connectivity index (χ0n) is 15.8. The van der Waals surface area contributed by atoms with E-state index in [-0.39, 0.29) is 17.9 Å². The van der Waals surface area contributed by atoms with E-state index in [1.165, 1.54) is 0 Å². The van der Waals surface area contributed by atoms with E-state index in [0.29, 0.717) is 24.9 Å². The summed E-state index contributed by atoms with van der Waals surface area (Å²) in [4.78, 5) is 21.0. The maximum Gasteiger partial charge on any atom is 0.222 e. The number of nitriles is 1. The van der Waals surface area contributed by atoms with Crippen molar-refractivity contribution >= 4 is 11.7 Å². The quantitative estimate of drug-likeness (QED) is 0.894. The largest absolute Gasteiger partial charge is 0.396 e. The predicted octanol–water partition coefficient (Wildman–Crippen LogP) is 2.16. The second-order valence-corrected chi connectivity index (χ2v) is 7.75. The smallest absolute Gasteiger partial charge is 0.222 e. The molecule has 140 valence electrons. The van der Waals surface area contributed by atoms with Crippen LogP contribution in [-0.2, 0) is 4.79 Å². The van der Waals surface area contributed by atoms with E-state index in [4.69, 9.17) is 5.11 Å². The van der Waals surface area contributed by atoms with Gasteiger partial charge in [-0.15, -0.1) is 0 Å². The van der Waals surface area contributed by atoms with Crippen LogP contribution in [0.4, 0.5) is 5.82 Å². The van der Waals surface area contributed by atoms with Crippen molar-refractivity contribution in [1.82, 2.24) is 9.88 Å². The molecule has 1 aromatic rings. The average Bonchev–Trinajstić information content (AvgIpc) is 2.63. The Morgan fingerprint density at radius 1 is 1.31 bits per heavy atom. The van der Waals surface area contributed by atoms with Crippen LogP contribution in [0.5, 0.6) is 0 Å². The van der Waals surface area contributed by atoms with Gasteiger partial charge < -0.3 is 14.9 Å². The van der Waals surface area contributed by atoms with Crippen molar-refractivity contribution < 1.29 is 9.90 Å². The Hall–Kier alpha value is -2.13. The molecule has 2 aliphatic heterocycles. The fraction of sp³-hybridized carbons (Fsp3) is 0.650. The highest BCUT2D eigenvalue weighted by atomic mass is 16.3. The number of piperidine rings is 2. The van der Waals surface area contributed by atoms with E-state index < -0.39 is 0 Å². The Morgan fingerprint density at radius 3 is 2.65 bits per heavy atom. The maximum atomic E-state index is 12.1. The van der Waals surface area contributed by atoms with Gasteiger partial charge in [-0.05, 0) is 56.6 Å². The molecule has 0 atom stereocenters. The number of likely N-dealkylation sites (tertiary alicyclic amines) is 1. The zero-order valence-corrected chi connectivity index (χ0v) is 15.8. The standard InChI is InChI=1S/C20H28N4O2/c1-15-12-18(22-16(2)17(15)13-21)23-9-6-20(7-10-23)5-4-19(26)24(14-20)8-3-11-25/h12,25H,3-11,14H2,1-2H3. The molecule has 6 heteroatoms. The summed E-state index contributed by atoms with van der Waals surface area (Å²) in [5.41, 5.74) is 2.65. The number of amides is 1. The molecule has 1 amide bonds. The van der Waals surface area contributed by atoms with Gasteiger partial charge in [0.25, 0.3) is 0 Å². The van der Waals surface area contributed by atoms with Gasteiger partial charge in [-0.25, -0.2) is 4.98 Å². The van der Waals surface area contributed by atoms with Gasteiger partial charge in [-0.2, -0.15) is 5.26 Å². The number of aromatic nitrogens is 1. The summed E-state index contributed by atoms with van der Waals surface area (Å²) >= 11 is 0. The molecule has 3 heterocycles. The van der Waals surface area contributed by atoms with Crippen LogP contribution in [0.3, 0.4) is 0 Å². The van der Waals surface area contributed by atoms with E-state index in [1.807, 2.05) is 24.8 Å². The molecule has 2 fully saturated rings. The Kier molecular flexibility index (Phi) is 5.47. The number of aryl methyl sites for hydroxylation is 2. The summed E-state index contributed by atoms with van der Waals surface area (Å²) in [5, 5.41) is 18.3. The summed E-state index contributed by atoms with van der Waals surface area (Å²) in [6.07, 6.45) is 4.35. The molecule has 1 aromatic heterocycles. The fourth-order valence-corrected chi connectivity index (χ4v) is 4.33. The minimum Gasteiger partial charge on any atom is -0.396 e. The lowest BCUT2D eigenvalue weighted by molar-refractivity contribution is -0.138. The number of hydrogen-bond donors (Lipinski definition) is 1. The number of hydrogen-bond acceptors (Lipinski definition) is 5. The first-order valence-corrected chi connectivity index (χ1v) is 9.50. The predicted molar refractivity (Wildman–Crippen MR) is 99.8 cm³/mol. The Labute approximate surface area is 155 Å². The van der Waals surface area contributed by atoms with Gasteiger partial charge in [-0.1, -0.05) is 0 Å². The number of aliphatic hydroxyl groups excluding tert-OH is 1. The van der Waals surface area contributed by atoms with E-state index in [2.05, 4.69) is 16.0 Å². The summed E-state index contributed by atoms with van der Waals surface area (Å²) in [6, 6.07) is 4.25. The van der Waals surface area contributed by atoms with Gasteiger partial charge in [0, 0.05) is 39.2 Å². The number of rotatable bonds is 4. The molecule has 0 aliphatic carbocycles. The topological polar surface area (TPSA) is 80.5 Å². The molecule has 26 heavy (non-hydrogen) atoms. The molecule has 1 spiro atoms. The van der Waals surface area contributed by atoms with Crippen molar-refractivity contribution in [2.24, 2.45) is 5.41 Å². The first-order chi connectivity index (χ1) is 12.5. The molecule has 1 N–H and O–H groups in total. The number of nitrogens with zero attached hydrogens (tertiary/aromatic N) is 4. The molecule has 0 aromatic carbocycles. The van der Waals surface area contributed by atoms with E-state index in [0.717, 1.165) is 56.0 Å². The number of carbonyl (C=O) groups excluding carboxylic acids is 1. The lowest BCUT2D eigenvalue weighted by Crippen LogP contribution is -2.52. The SMILES string of the molecule is Cc1cc(N2CCC3(CCC(=O)N(CCCO)C3)CC2)nc(C)c1C#N. The highest BCUT2D eigenvalue weighted by Gasteiger charge is 2.41. The number of aliphatic hydroxyl groups is 1. The van der Waals surface area contributed by atoms with Crippen LogP contribution in [0.15, 0.2) is 6.07 Å². The number of pyridine rings is 1. The normalized spacial score (nSPS) is 19.7. The summed E-state index contributed by atoms with van der Waals surface area (Å²) in [5.74, 6) is 1.18. The molecule has 0 bridgehead atoms. The molecular weight excluding hydrogens is 328 g/mol. The Bertz CT molecular complexity index is 694. The molecule has 2 aliphatic rings. The van der Waals surface area contributed by atoms with Crippen LogP contribution in [0, 0.1) is 30.6 Å². The van der Waals surface area contributed by atoms with Gasteiger partial charge in [0.1, 0.15) is 11.9 Å². The molecule has 3 rings (SSSR count). The third kappa shape index (κ3) is 3.68. The lowest BCUT2D eigenvalue weighted by atomic mass is 9.72. The minimum absolute atomic E-state index is 0.133. The van der Waals surface area contributed by atoms with Crippen molar-refractivity contribution in [1.29, 1.82) is 5.26 Å². The fourth-order valence-electron chi connectivity index (χ4n) is 4.33. The van der Waals surface area contributed by atoms with Gasteiger partial charge in [0.2, 0.25) is 5.91 Å². The molecule has 0 unspecified atom stereocenters. The summed E-state index contributed by atoms with van der Waals surface area (Å²) < 4.78 is 0. The first-order valence-electron chi connectivity index (χ1n) is 9.50. The van der Waals surface area contributed by atoms with Crippen molar-refractivity contribution in [3.05, 3.63) is 22.9 Å². The van der Waals surface area contributed by atoms with Crippen LogP contribution in [0.1, 0.15) is 48.9 Å². The third-order valence-corrected chi connectivity index (χ3v) is 5.98. The third-order valence-electron chi connectivity index (χ3n) is 5.98. The first kappa shape index (κ1) is 18.7. The van der Waals surface area contributed by atoms with Crippen molar-refractivity contribution in [3.63, 3.8) is 0 Å². The zero-order chi connectivity index (χ0) is 18.7. The monoisotopic (exact) mass is 356 g/mol.